The highest BCUT2D eigenvalue weighted by Crippen LogP contribution is 2.29. The van der Waals surface area contributed by atoms with Crippen molar-refractivity contribution in [2.45, 2.75) is 17.9 Å². The molecule has 0 amide bonds. The first-order valence-electron chi connectivity index (χ1n) is 9.89. The summed E-state index contributed by atoms with van der Waals surface area (Å²) in [5.74, 6) is 4.14. The predicted molar refractivity (Wildman–Crippen MR) is 121 cm³/mol. The number of fused-ring (bicyclic) bond motifs is 1. The molecule has 1 atom stereocenters. The van der Waals surface area contributed by atoms with Crippen molar-refractivity contribution in [3.8, 4) is 11.8 Å². The minimum Gasteiger partial charge on any atom is -0.320 e. The molecule has 3 N–H and O–H groups in total. The Hall–Kier alpha value is -3.81. The Morgan fingerprint density at radius 1 is 1.15 bits per heavy atom. The van der Waals surface area contributed by atoms with Gasteiger partial charge in [0.1, 0.15) is 22.3 Å². The molecule has 0 radical (unpaired) electrons. The van der Waals surface area contributed by atoms with Crippen molar-refractivity contribution in [3.63, 3.8) is 0 Å². The Balaban J connectivity index is 1.72. The largest absolute Gasteiger partial charge is 0.320 e. The third-order valence-electron chi connectivity index (χ3n) is 5.01. The van der Waals surface area contributed by atoms with Crippen LogP contribution in [0.4, 0.5) is 14.6 Å². The lowest BCUT2D eigenvalue weighted by molar-refractivity contribution is 0.565. The van der Waals surface area contributed by atoms with Gasteiger partial charge in [0, 0.05) is 17.0 Å². The highest BCUT2D eigenvalue weighted by molar-refractivity contribution is 7.92. The summed E-state index contributed by atoms with van der Waals surface area (Å²) in [4.78, 5) is 3.08. The van der Waals surface area contributed by atoms with Crippen molar-refractivity contribution in [3.05, 3.63) is 83.7 Å². The number of hydrogen-bond acceptors (Lipinski definition) is 5. The average Bonchev–Trinajstić information content (AvgIpc) is 3.21. The van der Waals surface area contributed by atoms with Crippen LogP contribution in [0.25, 0.3) is 10.9 Å². The third-order valence-corrected chi connectivity index (χ3v) is 6.38. The van der Waals surface area contributed by atoms with Gasteiger partial charge in [0.2, 0.25) is 0 Å². The second kappa shape index (κ2) is 8.97. The molecule has 0 aliphatic carbocycles. The fraction of sp³-hybridized carbons (Fsp3) is 0.130. The molecule has 33 heavy (non-hydrogen) atoms. The maximum atomic E-state index is 15.0. The van der Waals surface area contributed by atoms with E-state index in [1.165, 1.54) is 12.3 Å². The van der Waals surface area contributed by atoms with Gasteiger partial charge in [-0.1, -0.05) is 30.0 Å². The summed E-state index contributed by atoms with van der Waals surface area (Å²) in [5, 5.41) is 4.79. The predicted octanol–water partition coefficient (Wildman–Crippen LogP) is 3.43. The van der Waals surface area contributed by atoms with E-state index in [0.717, 1.165) is 35.5 Å². The molecule has 2 heterocycles. The minimum atomic E-state index is -4.31. The van der Waals surface area contributed by atoms with E-state index in [4.69, 9.17) is 5.73 Å². The molecular weight excluding hydrogens is 448 g/mol. The molecule has 0 aliphatic rings. The van der Waals surface area contributed by atoms with E-state index >= 15 is 0 Å². The van der Waals surface area contributed by atoms with Gasteiger partial charge in [0.05, 0.1) is 30.5 Å². The quantitative estimate of drug-likeness (QED) is 0.438. The number of pyridine rings is 1. The first-order chi connectivity index (χ1) is 15.8. The fourth-order valence-electron chi connectivity index (χ4n) is 3.44. The molecule has 4 rings (SSSR count). The number of benzene rings is 2. The Bertz CT molecular complexity index is 1490. The molecule has 10 heteroatoms. The molecule has 0 saturated heterocycles. The number of nitrogens with two attached hydrogens (primary N) is 1. The minimum absolute atomic E-state index is 0.129. The van der Waals surface area contributed by atoms with Crippen LogP contribution in [-0.2, 0) is 10.0 Å². The highest BCUT2D eigenvalue weighted by Gasteiger charge is 2.23. The van der Waals surface area contributed by atoms with E-state index in [9.17, 15) is 17.2 Å². The van der Waals surface area contributed by atoms with Crippen LogP contribution < -0.4 is 10.5 Å². The summed E-state index contributed by atoms with van der Waals surface area (Å²) in [6.07, 6.45) is 2.33. The zero-order valence-electron chi connectivity index (χ0n) is 17.5. The van der Waals surface area contributed by atoms with Crippen LogP contribution in [0.15, 0.2) is 65.8 Å². The number of nitrogens with one attached hydrogen (secondary N) is 1. The van der Waals surface area contributed by atoms with Gasteiger partial charge in [-0.05, 0) is 36.8 Å². The summed E-state index contributed by atoms with van der Waals surface area (Å²) in [7, 11) is -4.31. The van der Waals surface area contributed by atoms with Gasteiger partial charge in [0.15, 0.2) is 0 Å². The second-order valence-electron chi connectivity index (χ2n) is 7.17. The molecule has 168 valence electrons. The maximum Gasteiger partial charge on any atom is 0.265 e. The lowest BCUT2D eigenvalue weighted by Gasteiger charge is -2.16. The number of aromatic nitrogens is 3. The van der Waals surface area contributed by atoms with E-state index in [2.05, 4.69) is 26.6 Å². The zero-order chi connectivity index (χ0) is 23.6. The van der Waals surface area contributed by atoms with Gasteiger partial charge in [-0.15, -0.1) is 0 Å². The molecule has 0 saturated carbocycles. The number of nitrogens with zero attached hydrogens (tertiary/aromatic N) is 3. The molecule has 4 aromatic rings. The third kappa shape index (κ3) is 4.55. The number of sulfonamides is 1. The Morgan fingerprint density at radius 2 is 1.94 bits per heavy atom. The summed E-state index contributed by atoms with van der Waals surface area (Å²) >= 11 is 0. The van der Waals surface area contributed by atoms with Crippen LogP contribution in [0.2, 0.25) is 0 Å². The molecule has 0 bridgehead atoms. The molecule has 0 fully saturated rings. The van der Waals surface area contributed by atoms with Gasteiger partial charge >= 0.3 is 0 Å². The molecule has 0 spiro atoms. The van der Waals surface area contributed by atoms with Crippen molar-refractivity contribution in [2.75, 3.05) is 11.3 Å². The summed E-state index contributed by atoms with van der Waals surface area (Å²) in [6, 6.07) is 11.7. The van der Waals surface area contributed by atoms with E-state index < -0.39 is 26.6 Å². The second-order valence-corrected chi connectivity index (χ2v) is 8.82. The monoisotopic (exact) mass is 467 g/mol. The van der Waals surface area contributed by atoms with Crippen LogP contribution in [0.5, 0.6) is 0 Å². The number of rotatable bonds is 5. The van der Waals surface area contributed by atoms with Crippen molar-refractivity contribution in [1.29, 1.82) is 0 Å². The first-order valence-corrected chi connectivity index (χ1v) is 11.4. The van der Waals surface area contributed by atoms with Gasteiger partial charge in [-0.3, -0.25) is 9.40 Å². The van der Waals surface area contributed by atoms with E-state index in [1.807, 2.05) is 31.2 Å². The van der Waals surface area contributed by atoms with Gasteiger partial charge in [0.25, 0.3) is 10.0 Å². The smallest absolute Gasteiger partial charge is 0.265 e. The van der Waals surface area contributed by atoms with Crippen molar-refractivity contribution in [2.24, 2.45) is 5.73 Å². The molecule has 7 nitrogen and oxygen atoms in total. The first kappa shape index (κ1) is 22.4. The van der Waals surface area contributed by atoms with Crippen molar-refractivity contribution in [1.82, 2.24) is 14.8 Å². The number of anilines is 1. The van der Waals surface area contributed by atoms with E-state index in [1.54, 1.807) is 4.68 Å². The standard InChI is InChI=1S/C23H19F2N5O2S/c1-15(19-7-3-2-5-16(19)6-4-10-26)30-21-12-20(25)22(11-17(21)13-28-30)33(31,32)29-23-9-8-18(24)14-27-23/h2-3,5,7-9,11-15H,10,26H2,1H3,(H,27,29). The molecule has 1 unspecified atom stereocenters. The van der Waals surface area contributed by atoms with E-state index in [-0.39, 0.29) is 18.4 Å². The summed E-state index contributed by atoms with van der Waals surface area (Å²) in [5.41, 5.74) is 7.54. The van der Waals surface area contributed by atoms with Gasteiger partial charge in [-0.2, -0.15) is 5.10 Å². The Morgan fingerprint density at radius 3 is 2.67 bits per heavy atom. The lowest BCUT2D eigenvalue weighted by Crippen LogP contribution is -2.16. The maximum absolute atomic E-state index is 15.0. The average molecular weight is 468 g/mol. The van der Waals surface area contributed by atoms with Crippen LogP contribution in [0.3, 0.4) is 0 Å². The van der Waals surface area contributed by atoms with Crippen molar-refractivity contribution < 1.29 is 17.2 Å². The number of hydrogen-bond donors (Lipinski definition) is 2. The van der Waals surface area contributed by atoms with Crippen LogP contribution in [0, 0.1) is 23.5 Å². The van der Waals surface area contributed by atoms with Crippen LogP contribution >= 0.6 is 0 Å². The summed E-state index contributed by atoms with van der Waals surface area (Å²) < 4.78 is 57.2. The number of halogens is 2. The molecule has 2 aromatic carbocycles. The van der Waals surface area contributed by atoms with Gasteiger partial charge < -0.3 is 5.73 Å². The molecule has 2 aromatic heterocycles. The lowest BCUT2D eigenvalue weighted by atomic mass is 10.0. The normalized spacial score (nSPS) is 12.2. The topological polar surface area (TPSA) is 103 Å². The Labute approximate surface area is 189 Å². The van der Waals surface area contributed by atoms with Crippen molar-refractivity contribution >= 4 is 26.7 Å². The Kier molecular flexibility index (Phi) is 6.09. The van der Waals surface area contributed by atoms with Crippen LogP contribution in [0.1, 0.15) is 24.1 Å². The fourth-order valence-corrected chi connectivity index (χ4v) is 4.55. The summed E-state index contributed by atoms with van der Waals surface area (Å²) in [6.45, 7) is 2.11. The van der Waals surface area contributed by atoms with Gasteiger partial charge in [-0.25, -0.2) is 22.2 Å². The SMILES string of the molecule is CC(c1ccccc1C#CCN)n1ncc2cc(S(=O)(=O)Nc3ccc(F)cn3)c(F)cc21. The molecule has 0 aliphatic heterocycles. The highest BCUT2D eigenvalue weighted by atomic mass is 32.2. The zero-order valence-corrected chi connectivity index (χ0v) is 18.3. The van der Waals surface area contributed by atoms with E-state index in [0.29, 0.717) is 10.9 Å². The molecular formula is C23H19F2N5O2S. The van der Waals surface area contributed by atoms with Crippen LogP contribution in [-0.4, -0.2) is 29.7 Å².